The van der Waals surface area contributed by atoms with Gasteiger partial charge in [0.05, 0.1) is 20.6 Å². The van der Waals surface area contributed by atoms with E-state index in [-0.39, 0.29) is 11.6 Å². The molecule has 108 valence electrons. The molecule has 3 aromatic heterocycles. The molecule has 0 amide bonds. The number of aromatic nitrogens is 3. The van der Waals surface area contributed by atoms with Gasteiger partial charge in [-0.1, -0.05) is 25.4 Å². The molecule has 5 nitrogen and oxygen atoms in total. The third-order valence-corrected chi connectivity index (χ3v) is 4.34. The number of aromatic carboxylic acids is 1. The lowest BCUT2D eigenvalue weighted by Gasteiger charge is -2.03. The standard InChI is InChI=1S/C14H12ClN3O2S/c1-7(2)8-6-13-16-9(11-3-4-12(15)21-11)5-10(14(19)20)18(13)17-8/h3-7H,1-2H3,(H,19,20). The van der Waals surface area contributed by atoms with Gasteiger partial charge in [0.1, 0.15) is 0 Å². The third-order valence-electron chi connectivity index (χ3n) is 3.08. The monoisotopic (exact) mass is 321 g/mol. The van der Waals surface area contributed by atoms with Gasteiger partial charge in [-0.3, -0.25) is 0 Å². The molecule has 0 bridgehead atoms. The van der Waals surface area contributed by atoms with E-state index in [1.807, 2.05) is 26.0 Å². The van der Waals surface area contributed by atoms with Crippen molar-refractivity contribution < 1.29 is 9.90 Å². The fourth-order valence-electron chi connectivity index (χ4n) is 2.00. The first-order valence-corrected chi connectivity index (χ1v) is 7.55. The molecule has 3 rings (SSSR count). The Balaban J connectivity index is 2.26. The molecule has 3 aromatic rings. The Hall–Kier alpha value is -1.92. The topological polar surface area (TPSA) is 67.5 Å². The average Bonchev–Trinajstić information content (AvgIpc) is 3.02. The van der Waals surface area contributed by atoms with Gasteiger partial charge in [0.2, 0.25) is 0 Å². The van der Waals surface area contributed by atoms with Gasteiger partial charge in [-0.2, -0.15) is 5.10 Å². The Kier molecular flexibility index (Phi) is 3.43. The highest BCUT2D eigenvalue weighted by molar-refractivity contribution is 7.19. The van der Waals surface area contributed by atoms with E-state index >= 15 is 0 Å². The van der Waals surface area contributed by atoms with Crippen LogP contribution in [-0.2, 0) is 0 Å². The molecule has 0 saturated carbocycles. The number of carbonyl (C=O) groups is 1. The van der Waals surface area contributed by atoms with Crippen molar-refractivity contribution >= 4 is 34.6 Å². The van der Waals surface area contributed by atoms with Crippen molar-refractivity contribution in [2.24, 2.45) is 0 Å². The van der Waals surface area contributed by atoms with Crippen LogP contribution >= 0.6 is 22.9 Å². The number of hydrogen-bond acceptors (Lipinski definition) is 4. The normalized spacial score (nSPS) is 11.4. The summed E-state index contributed by atoms with van der Waals surface area (Å²) in [6, 6.07) is 6.94. The second-order valence-electron chi connectivity index (χ2n) is 4.93. The van der Waals surface area contributed by atoms with Crippen molar-refractivity contribution in [1.82, 2.24) is 14.6 Å². The maximum atomic E-state index is 11.5. The summed E-state index contributed by atoms with van der Waals surface area (Å²) in [6.45, 7) is 4.00. The zero-order chi connectivity index (χ0) is 15.1. The van der Waals surface area contributed by atoms with E-state index < -0.39 is 5.97 Å². The van der Waals surface area contributed by atoms with E-state index in [0.29, 0.717) is 15.7 Å². The van der Waals surface area contributed by atoms with Gasteiger partial charge in [0.15, 0.2) is 11.3 Å². The minimum Gasteiger partial charge on any atom is -0.477 e. The maximum absolute atomic E-state index is 11.5. The van der Waals surface area contributed by atoms with Gasteiger partial charge >= 0.3 is 5.97 Å². The highest BCUT2D eigenvalue weighted by Crippen LogP contribution is 2.31. The predicted molar refractivity (Wildman–Crippen MR) is 82.4 cm³/mol. The van der Waals surface area contributed by atoms with Crippen LogP contribution in [0.3, 0.4) is 0 Å². The molecule has 1 N–H and O–H groups in total. The minimum absolute atomic E-state index is 0.0893. The summed E-state index contributed by atoms with van der Waals surface area (Å²) in [7, 11) is 0. The number of rotatable bonds is 3. The second kappa shape index (κ2) is 5.13. The largest absolute Gasteiger partial charge is 0.477 e. The number of fused-ring (bicyclic) bond motifs is 1. The molecule has 0 aliphatic heterocycles. The van der Waals surface area contributed by atoms with E-state index in [1.54, 1.807) is 6.07 Å². The lowest BCUT2D eigenvalue weighted by Crippen LogP contribution is -2.08. The molecule has 0 spiro atoms. The Morgan fingerprint density at radius 1 is 1.38 bits per heavy atom. The van der Waals surface area contributed by atoms with Crippen molar-refractivity contribution in [2.75, 3.05) is 0 Å². The van der Waals surface area contributed by atoms with E-state index in [2.05, 4.69) is 10.1 Å². The predicted octanol–water partition coefficient (Wildman–Crippen LogP) is 3.93. The van der Waals surface area contributed by atoms with Crippen LogP contribution < -0.4 is 0 Å². The lowest BCUT2D eigenvalue weighted by molar-refractivity contribution is 0.0687. The van der Waals surface area contributed by atoms with Gasteiger partial charge in [0.25, 0.3) is 0 Å². The summed E-state index contributed by atoms with van der Waals surface area (Å²) in [6.07, 6.45) is 0. The molecule has 21 heavy (non-hydrogen) atoms. The minimum atomic E-state index is -1.04. The Morgan fingerprint density at radius 2 is 2.14 bits per heavy atom. The molecule has 0 aliphatic carbocycles. The van der Waals surface area contributed by atoms with Crippen molar-refractivity contribution in [3.63, 3.8) is 0 Å². The summed E-state index contributed by atoms with van der Waals surface area (Å²) in [5, 5.41) is 13.7. The first-order chi connectivity index (χ1) is 9.95. The molecule has 0 atom stereocenters. The van der Waals surface area contributed by atoms with E-state index in [0.717, 1.165) is 10.6 Å². The zero-order valence-corrected chi connectivity index (χ0v) is 12.9. The summed E-state index contributed by atoms with van der Waals surface area (Å²) in [4.78, 5) is 16.8. The van der Waals surface area contributed by atoms with Crippen LogP contribution in [0.2, 0.25) is 4.34 Å². The van der Waals surface area contributed by atoms with E-state index in [9.17, 15) is 9.90 Å². The third kappa shape index (κ3) is 2.52. The van der Waals surface area contributed by atoms with Crippen LogP contribution in [0.25, 0.3) is 16.2 Å². The van der Waals surface area contributed by atoms with Crippen molar-refractivity contribution in [2.45, 2.75) is 19.8 Å². The number of halogens is 1. The Morgan fingerprint density at radius 3 is 2.71 bits per heavy atom. The molecule has 0 aliphatic rings. The number of nitrogens with zero attached hydrogens (tertiary/aromatic N) is 3. The fourth-order valence-corrected chi connectivity index (χ4v) is 3.01. The van der Waals surface area contributed by atoms with Gasteiger partial charge < -0.3 is 5.11 Å². The lowest BCUT2D eigenvalue weighted by atomic mass is 10.1. The number of carboxylic acids is 1. The molecule has 0 saturated heterocycles. The van der Waals surface area contributed by atoms with Crippen LogP contribution in [0.4, 0.5) is 0 Å². The molecule has 7 heteroatoms. The van der Waals surface area contributed by atoms with E-state index in [4.69, 9.17) is 11.6 Å². The average molecular weight is 322 g/mol. The molecule has 0 radical (unpaired) electrons. The SMILES string of the molecule is CC(C)c1cc2nc(-c3ccc(Cl)s3)cc(C(=O)O)n2n1. The summed E-state index contributed by atoms with van der Waals surface area (Å²) in [5.74, 6) is -0.835. The molecular weight excluding hydrogens is 310 g/mol. The van der Waals surface area contributed by atoms with E-state index in [1.165, 1.54) is 21.9 Å². The Labute approximate surface area is 129 Å². The van der Waals surface area contributed by atoms with Crippen LogP contribution in [0, 0.1) is 0 Å². The van der Waals surface area contributed by atoms with Gasteiger partial charge in [-0.05, 0) is 24.1 Å². The summed E-state index contributed by atoms with van der Waals surface area (Å²) < 4.78 is 2.01. The molecule has 3 heterocycles. The number of thiophene rings is 1. The van der Waals surface area contributed by atoms with Gasteiger partial charge in [0, 0.05) is 6.07 Å². The van der Waals surface area contributed by atoms with Crippen molar-refractivity contribution in [3.8, 4) is 10.6 Å². The first kappa shape index (κ1) is 14.0. The quantitative estimate of drug-likeness (QED) is 0.793. The highest BCUT2D eigenvalue weighted by atomic mass is 35.5. The van der Waals surface area contributed by atoms with Crippen molar-refractivity contribution in [3.05, 3.63) is 40.0 Å². The number of carboxylic acid groups (broad SMARTS) is 1. The second-order valence-corrected chi connectivity index (χ2v) is 6.64. The van der Waals surface area contributed by atoms with Gasteiger partial charge in [-0.25, -0.2) is 14.3 Å². The van der Waals surface area contributed by atoms with Crippen LogP contribution in [-0.4, -0.2) is 25.7 Å². The van der Waals surface area contributed by atoms with Crippen LogP contribution in [0.5, 0.6) is 0 Å². The molecule has 0 fully saturated rings. The highest BCUT2D eigenvalue weighted by Gasteiger charge is 2.17. The molecule has 0 aromatic carbocycles. The van der Waals surface area contributed by atoms with Crippen LogP contribution in [0.15, 0.2) is 24.3 Å². The molecular formula is C14H12ClN3O2S. The fraction of sp³-hybridized carbons (Fsp3) is 0.214. The number of hydrogen-bond donors (Lipinski definition) is 1. The van der Waals surface area contributed by atoms with Gasteiger partial charge in [-0.15, -0.1) is 11.3 Å². The van der Waals surface area contributed by atoms with Crippen molar-refractivity contribution in [1.29, 1.82) is 0 Å². The smallest absolute Gasteiger partial charge is 0.354 e. The molecule has 0 unspecified atom stereocenters. The Bertz CT molecular complexity index is 838. The first-order valence-electron chi connectivity index (χ1n) is 6.35. The summed E-state index contributed by atoms with van der Waals surface area (Å²) >= 11 is 7.30. The zero-order valence-electron chi connectivity index (χ0n) is 11.4. The van der Waals surface area contributed by atoms with Crippen LogP contribution in [0.1, 0.15) is 35.9 Å². The maximum Gasteiger partial charge on any atom is 0.354 e. The summed E-state index contributed by atoms with van der Waals surface area (Å²) in [5.41, 5.74) is 2.02.